The molecule has 4 rings (SSSR count). The summed E-state index contributed by atoms with van der Waals surface area (Å²) in [6, 6.07) is 17.6. The Morgan fingerprint density at radius 3 is 2.52 bits per heavy atom. The van der Waals surface area contributed by atoms with Crippen LogP contribution in [0.25, 0.3) is 17.3 Å². The Hall–Kier alpha value is -3.78. The van der Waals surface area contributed by atoms with Crippen LogP contribution in [0.2, 0.25) is 5.02 Å². The zero-order chi connectivity index (χ0) is 21.8. The Labute approximate surface area is 183 Å². The van der Waals surface area contributed by atoms with Crippen LogP contribution < -0.4 is 15.4 Å². The number of aromatic nitrogens is 3. The standard InChI is InChI=1S/C22H20ClN5O3/c1-14(2)31-22-26-20(19-7-4-12-30-19)28(27-22)18-10-8-16(9-11-18)24-21(29)25-17-6-3-5-15(23)13-17/h3-14H,1-2H3,(H2,24,25,29). The van der Waals surface area contributed by atoms with Crippen LogP contribution in [0.15, 0.2) is 71.3 Å². The molecule has 0 saturated carbocycles. The number of amides is 2. The lowest BCUT2D eigenvalue weighted by Crippen LogP contribution is -2.19. The minimum atomic E-state index is -0.375. The van der Waals surface area contributed by atoms with Crippen LogP contribution in [-0.4, -0.2) is 26.9 Å². The van der Waals surface area contributed by atoms with Gasteiger partial charge in [0, 0.05) is 16.4 Å². The number of carbonyl (C=O) groups excluding carboxylic acids is 1. The van der Waals surface area contributed by atoms with Crippen molar-refractivity contribution in [3.05, 3.63) is 71.9 Å². The first-order valence-corrected chi connectivity index (χ1v) is 9.97. The number of hydrogen-bond acceptors (Lipinski definition) is 5. The molecular formula is C22H20ClN5O3. The average molecular weight is 438 g/mol. The van der Waals surface area contributed by atoms with Crippen molar-refractivity contribution >= 4 is 29.0 Å². The van der Waals surface area contributed by atoms with E-state index in [2.05, 4.69) is 20.7 Å². The topological polar surface area (TPSA) is 94.2 Å². The first-order chi connectivity index (χ1) is 15.0. The molecule has 2 amide bonds. The van der Waals surface area contributed by atoms with Crippen molar-refractivity contribution in [3.63, 3.8) is 0 Å². The molecule has 4 aromatic rings. The van der Waals surface area contributed by atoms with Crippen molar-refractivity contribution in [1.82, 2.24) is 14.8 Å². The van der Waals surface area contributed by atoms with Gasteiger partial charge in [0.25, 0.3) is 0 Å². The van der Waals surface area contributed by atoms with Crippen LogP contribution in [-0.2, 0) is 0 Å². The lowest BCUT2D eigenvalue weighted by atomic mass is 10.2. The van der Waals surface area contributed by atoms with E-state index in [4.69, 9.17) is 20.8 Å². The van der Waals surface area contributed by atoms with Crippen LogP contribution in [0, 0.1) is 0 Å². The SMILES string of the molecule is CC(C)Oc1nc(-c2ccco2)n(-c2ccc(NC(=O)Nc3cccc(Cl)c3)cc2)n1. The highest BCUT2D eigenvalue weighted by Gasteiger charge is 2.17. The van der Waals surface area contributed by atoms with Gasteiger partial charge in [0.05, 0.1) is 18.1 Å². The third kappa shape index (κ3) is 5.04. The van der Waals surface area contributed by atoms with Gasteiger partial charge in [-0.05, 0) is 68.4 Å². The molecular weight excluding hydrogens is 418 g/mol. The maximum Gasteiger partial charge on any atom is 0.336 e. The minimum absolute atomic E-state index is 0.0649. The van der Waals surface area contributed by atoms with Crippen LogP contribution in [0.4, 0.5) is 16.2 Å². The Kier molecular flexibility index (Phi) is 5.90. The number of urea groups is 1. The van der Waals surface area contributed by atoms with Crippen molar-refractivity contribution in [2.45, 2.75) is 20.0 Å². The van der Waals surface area contributed by atoms with Crippen LogP contribution in [0.1, 0.15) is 13.8 Å². The number of nitrogens with zero attached hydrogens (tertiary/aromatic N) is 3. The van der Waals surface area contributed by atoms with E-state index in [-0.39, 0.29) is 18.1 Å². The van der Waals surface area contributed by atoms with E-state index in [1.165, 1.54) is 0 Å². The number of rotatable bonds is 6. The van der Waals surface area contributed by atoms with Crippen LogP contribution >= 0.6 is 11.6 Å². The third-order valence-corrected chi connectivity index (χ3v) is 4.36. The highest BCUT2D eigenvalue weighted by atomic mass is 35.5. The van der Waals surface area contributed by atoms with E-state index in [1.807, 2.05) is 26.0 Å². The molecule has 0 atom stereocenters. The molecule has 2 heterocycles. The molecule has 8 nitrogen and oxygen atoms in total. The second-order valence-corrected chi connectivity index (χ2v) is 7.35. The Bertz CT molecular complexity index is 1170. The van der Waals surface area contributed by atoms with Gasteiger partial charge in [-0.25, -0.2) is 9.48 Å². The van der Waals surface area contributed by atoms with E-state index in [1.54, 1.807) is 59.5 Å². The summed E-state index contributed by atoms with van der Waals surface area (Å²) in [7, 11) is 0. The van der Waals surface area contributed by atoms with Gasteiger partial charge in [-0.2, -0.15) is 4.98 Å². The van der Waals surface area contributed by atoms with Gasteiger partial charge in [-0.15, -0.1) is 5.10 Å². The second-order valence-electron chi connectivity index (χ2n) is 6.91. The van der Waals surface area contributed by atoms with E-state index in [9.17, 15) is 4.79 Å². The van der Waals surface area contributed by atoms with E-state index in [0.29, 0.717) is 28.0 Å². The fourth-order valence-corrected chi connectivity index (χ4v) is 3.04. The molecule has 0 aliphatic rings. The molecule has 158 valence electrons. The van der Waals surface area contributed by atoms with Crippen LogP contribution in [0.5, 0.6) is 6.01 Å². The van der Waals surface area contributed by atoms with E-state index < -0.39 is 0 Å². The van der Waals surface area contributed by atoms with Crippen molar-refractivity contribution in [2.24, 2.45) is 0 Å². The molecule has 0 bridgehead atoms. The number of halogens is 1. The predicted octanol–water partition coefficient (Wildman–Crippen LogP) is 5.61. The van der Waals surface area contributed by atoms with Gasteiger partial charge in [0.15, 0.2) is 5.76 Å². The molecule has 9 heteroatoms. The number of nitrogens with one attached hydrogen (secondary N) is 2. The maximum atomic E-state index is 12.2. The van der Waals surface area contributed by atoms with Gasteiger partial charge < -0.3 is 19.8 Å². The summed E-state index contributed by atoms with van der Waals surface area (Å²) in [6.07, 6.45) is 1.51. The quantitative estimate of drug-likeness (QED) is 0.408. The number of anilines is 2. The Morgan fingerprint density at radius 2 is 1.84 bits per heavy atom. The largest absolute Gasteiger partial charge is 0.461 e. The summed E-state index contributed by atoms with van der Waals surface area (Å²) in [6.45, 7) is 3.81. The maximum absolute atomic E-state index is 12.2. The summed E-state index contributed by atoms with van der Waals surface area (Å²) in [5.41, 5.74) is 1.95. The zero-order valence-corrected chi connectivity index (χ0v) is 17.6. The van der Waals surface area contributed by atoms with Gasteiger partial charge in [0.2, 0.25) is 5.82 Å². The van der Waals surface area contributed by atoms with Crippen molar-refractivity contribution in [3.8, 4) is 23.3 Å². The molecule has 2 N–H and O–H groups in total. The van der Waals surface area contributed by atoms with Crippen molar-refractivity contribution in [1.29, 1.82) is 0 Å². The summed E-state index contributed by atoms with van der Waals surface area (Å²) in [5, 5.41) is 10.5. The smallest absolute Gasteiger partial charge is 0.336 e. The Morgan fingerprint density at radius 1 is 1.06 bits per heavy atom. The molecule has 0 radical (unpaired) electrons. The second kappa shape index (κ2) is 8.93. The first-order valence-electron chi connectivity index (χ1n) is 9.59. The lowest BCUT2D eigenvalue weighted by Gasteiger charge is -2.09. The molecule has 0 aliphatic heterocycles. The molecule has 0 spiro atoms. The number of carbonyl (C=O) groups is 1. The highest BCUT2D eigenvalue weighted by molar-refractivity contribution is 6.30. The number of benzene rings is 2. The normalized spacial score (nSPS) is 10.8. The van der Waals surface area contributed by atoms with Crippen molar-refractivity contribution in [2.75, 3.05) is 10.6 Å². The fraction of sp³-hybridized carbons (Fsp3) is 0.136. The van der Waals surface area contributed by atoms with Gasteiger partial charge in [0.1, 0.15) is 0 Å². The first kappa shape index (κ1) is 20.5. The van der Waals surface area contributed by atoms with E-state index in [0.717, 1.165) is 5.69 Å². The molecule has 0 saturated heterocycles. The monoisotopic (exact) mass is 437 g/mol. The summed E-state index contributed by atoms with van der Waals surface area (Å²) < 4.78 is 12.8. The summed E-state index contributed by atoms with van der Waals surface area (Å²) >= 11 is 5.94. The summed E-state index contributed by atoms with van der Waals surface area (Å²) in [5.74, 6) is 1.08. The van der Waals surface area contributed by atoms with E-state index >= 15 is 0 Å². The lowest BCUT2D eigenvalue weighted by molar-refractivity contribution is 0.222. The van der Waals surface area contributed by atoms with Gasteiger partial charge in [-0.3, -0.25) is 0 Å². The Balaban J connectivity index is 1.52. The minimum Gasteiger partial charge on any atom is -0.461 e. The molecule has 0 unspecified atom stereocenters. The molecule has 2 aromatic carbocycles. The third-order valence-electron chi connectivity index (χ3n) is 4.12. The molecule has 31 heavy (non-hydrogen) atoms. The molecule has 0 fully saturated rings. The summed E-state index contributed by atoms with van der Waals surface area (Å²) in [4.78, 5) is 16.7. The highest BCUT2D eigenvalue weighted by Crippen LogP contribution is 2.25. The number of hydrogen-bond donors (Lipinski definition) is 2. The van der Waals surface area contributed by atoms with Gasteiger partial charge >= 0.3 is 12.0 Å². The molecule has 0 aliphatic carbocycles. The number of furan rings is 1. The fourth-order valence-electron chi connectivity index (χ4n) is 2.84. The van der Waals surface area contributed by atoms with Crippen LogP contribution in [0.3, 0.4) is 0 Å². The predicted molar refractivity (Wildman–Crippen MR) is 119 cm³/mol. The zero-order valence-electron chi connectivity index (χ0n) is 16.9. The van der Waals surface area contributed by atoms with Crippen molar-refractivity contribution < 1.29 is 13.9 Å². The van der Waals surface area contributed by atoms with Gasteiger partial charge in [-0.1, -0.05) is 17.7 Å². The number of ether oxygens (including phenoxy) is 1. The molecule has 2 aromatic heterocycles. The average Bonchev–Trinajstić information content (AvgIpc) is 3.38.